The number of hydrogen-bond acceptors (Lipinski definition) is 3. The van der Waals surface area contributed by atoms with Gasteiger partial charge in [0.25, 0.3) is 5.91 Å². The van der Waals surface area contributed by atoms with Crippen LogP contribution in [0.4, 0.5) is 5.69 Å². The van der Waals surface area contributed by atoms with Gasteiger partial charge in [0.15, 0.2) is 0 Å². The molecule has 1 amide bonds. The van der Waals surface area contributed by atoms with Crippen LogP contribution in [0.1, 0.15) is 22.5 Å². The van der Waals surface area contributed by atoms with Crippen molar-refractivity contribution in [2.75, 3.05) is 5.32 Å². The molecule has 0 saturated heterocycles. The lowest BCUT2D eigenvalue weighted by atomic mass is 10.1. The minimum Gasteiger partial charge on any atom is -0.489 e. The molecular formula is C29H23Cl2N3O2. The molecule has 0 atom stereocenters. The van der Waals surface area contributed by atoms with Crippen molar-refractivity contribution in [3.63, 3.8) is 0 Å². The van der Waals surface area contributed by atoms with Gasteiger partial charge in [-0.1, -0.05) is 47.5 Å². The highest BCUT2D eigenvalue weighted by atomic mass is 35.5. The quantitative estimate of drug-likeness (QED) is 0.204. The number of rotatable bonds is 7. The predicted molar refractivity (Wildman–Crippen MR) is 145 cm³/mol. The number of nitrogens with zero attached hydrogens (tertiary/aromatic N) is 2. The van der Waals surface area contributed by atoms with Gasteiger partial charge in [-0.15, -0.1) is 0 Å². The Balaban J connectivity index is 1.51. The highest BCUT2D eigenvalue weighted by Gasteiger charge is 2.14. The fraction of sp³-hybridized carbons (Fsp3) is 0.103. The summed E-state index contributed by atoms with van der Waals surface area (Å²) >= 11 is 12.2. The minimum atomic E-state index is -0.448. The number of aromatic nitrogens is 1. The number of aryl methyl sites for hydroxylation is 1. The molecule has 36 heavy (non-hydrogen) atoms. The molecule has 5 nitrogen and oxygen atoms in total. The molecule has 1 N–H and O–H groups in total. The van der Waals surface area contributed by atoms with Crippen LogP contribution in [0.2, 0.25) is 10.0 Å². The molecule has 0 saturated carbocycles. The van der Waals surface area contributed by atoms with Crippen LogP contribution in [0.15, 0.2) is 84.4 Å². The van der Waals surface area contributed by atoms with E-state index < -0.39 is 5.91 Å². The Morgan fingerprint density at radius 2 is 1.75 bits per heavy atom. The standard InChI is InChI=1S/C29H23Cl2N3O2/c1-19-14-22(15-23(17-32)29(35)33-25-6-4-3-5-7-25)20(2)34(19)26-10-12-27(13-11-26)36-18-21-8-9-24(30)16-28(21)31/h3-16H,18H2,1-2H3,(H,33,35)/b23-15-. The molecule has 4 rings (SSSR count). The highest BCUT2D eigenvalue weighted by Crippen LogP contribution is 2.26. The van der Waals surface area contributed by atoms with Gasteiger partial charge in [-0.25, -0.2) is 0 Å². The number of carbonyl (C=O) groups is 1. The van der Waals surface area contributed by atoms with E-state index in [-0.39, 0.29) is 5.57 Å². The fourth-order valence-corrected chi connectivity index (χ4v) is 4.31. The molecule has 0 unspecified atom stereocenters. The van der Waals surface area contributed by atoms with E-state index >= 15 is 0 Å². The number of nitrogens with one attached hydrogen (secondary N) is 1. The monoisotopic (exact) mass is 515 g/mol. The van der Waals surface area contributed by atoms with Crippen LogP contribution in [0.25, 0.3) is 11.8 Å². The van der Waals surface area contributed by atoms with Gasteiger partial charge in [-0.3, -0.25) is 4.79 Å². The van der Waals surface area contributed by atoms with Crippen LogP contribution < -0.4 is 10.1 Å². The summed E-state index contributed by atoms with van der Waals surface area (Å²) in [5.41, 5.74) is 5.14. The summed E-state index contributed by atoms with van der Waals surface area (Å²) in [5.74, 6) is 0.257. The number of halogens is 2. The van der Waals surface area contributed by atoms with Gasteiger partial charge in [-0.05, 0) is 80.1 Å². The first kappa shape index (κ1) is 25.1. The second-order valence-corrected chi connectivity index (χ2v) is 9.01. The van der Waals surface area contributed by atoms with Crippen LogP contribution in [-0.2, 0) is 11.4 Å². The molecule has 0 aliphatic rings. The van der Waals surface area contributed by atoms with Gasteiger partial charge in [0.1, 0.15) is 24.0 Å². The Hall–Kier alpha value is -3.98. The van der Waals surface area contributed by atoms with Crippen LogP contribution in [-0.4, -0.2) is 10.5 Å². The Morgan fingerprint density at radius 3 is 2.42 bits per heavy atom. The zero-order chi connectivity index (χ0) is 25.7. The number of anilines is 1. The van der Waals surface area contributed by atoms with Crippen molar-refractivity contribution in [1.82, 2.24) is 4.57 Å². The summed E-state index contributed by atoms with van der Waals surface area (Å²) in [6.07, 6.45) is 1.62. The van der Waals surface area contributed by atoms with E-state index in [1.807, 2.05) is 74.5 Å². The number of hydrogen-bond donors (Lipinski definition) is 1. The van der Waals surface area contributed by atoms with Crippen molar-refractivity contribution in [2.45, 2.75) is 20.5 Å². The van der Waals surface area contributed by atoms with E-state index in [1.54, 1.807) is 30.3 Å². The number of amides is 1. The molecule has 1 heterocycles. The maximum Gasteiger partial charge on any atom is 0.266 e. The molecule has 0 spiro atoms. The third-order valence-corrected chi connectivity index (χ3v) is 6.26. The molecule has 180 valence electrons. The lowest BCUT2D eigenvalue weighted by Crippen LogP contribution is -2.13. The first-order valence-electron chi connectivity index (χ1n) is 11.2. The van der Waals surface area contributed by atoms with Crippen LogP contribution in [0, 0.1) is 25.2 Å². The molecule has 3 aromatic carbocycles. The van der Waals surface area contributed by atoms with Crippen LogP contribution >= 0.6 is 23.2 Å². The zero-order valence-electron chi connectivity index (χ0n) is 19.8. The summed E-state index contributed by atoms with van der Waals surface area (Å²) in [6, 6.07) is 26.0. The SMILES string of the molecule is Cc1cc(/C=C(/C#N)C(=O)Nc2ccccc2)c(C)n1-c1ccc(OCc2ccc(Cl)cc2Cl)cc1. The first-order valence-corrected chi connectivity index (χ1v) is 12.0. The van der Waals surface area contributed by atoms with E-state index in [4.69, 9.17) is 27.9 Å². The van der Waals surface area contributed by atoms with Gasteiger partial charge in [-0.2, -0.15) is 5.26 Å². The maximum absolute atomic E-state index is 12.6. The number of benzene rings is 3. The van der Waals surface area contributed by atoms with Gasteiger partial charge >= 0.3 is 0 Å². The van der Waals surface area contributed by atoms with E-state index in [0.29, 0.717) is 28.1 Å². The van der Waals surface area contributed by atoms with Crippen molar-refractivity contribution in [3.05, 3.63) is 117 Å². The van der Waals surface area contributed by atoms with E-state index in [0.717, 1.165) is 28.2 Å². The summed E-state index contributed by atoms with van der Waals surface area (Å²) in [5, 5.41) is 13.5. The number of carbonyl (C=O) groups excluding carboxylic acids is 1. The van der Waals surface area contributed by atoms with Crippen molar-refractivity contribution >= 4 is 40.9 Å². The van der Waals surface area contributed by atoms with Gasteiger partial charge < -0.3 is 14.6 Å². The minimum absolute atomic E-state index is 0.0312. The molecule has 1 aromatic heterocycles. The molecule has 0 radical (unpaired) electrons. The number of ether oxygens (including phenoxy) is 1. The largest absolute Gasteiger partial charge is 0.489 e. The molecule has 0 aliphatic carbocycles. The molecular weight excluding hydrogens is 493 g/mol. The average Bonchev–Trinajstić information content (AvgIpc) is 3.15. The summed E-state index contributed by atoms with van der Waals surface area (Å²) in [7, 11) is 0. The van der Waals surface area contributed by atoms with Gasteiger partial charge in [0.2, 0.25) is 0 Å². The fourth-order valence-electron chi connectivity index (χ4n) is 3.85. The van der Waals surface area contributed by atoms with Gasteiger partial charge in [0, 0.05) is 38.4 Å². The zero-order valence-corrected chi connectivity index (χ0v) is 21.3. The average molecular weight is 516 g/mol. The van der Waals surface area contributed by atoms with E-state index in [1.165, 1.54) is 0 Å². The Kier molecular flexibility index (Phi) is 7.80. The second kappa shape index (κ2) is 11.2. The molecule has 4 aromatic rings. The number of para-hydroxylation sites is 1. The number of nitriles is 1. The van der Waals surface area contributed by atoms with E-state index in [2.05, 4.69) is 9.88 Å². The molecule has 0 bridgehead atoms. The van der Waals surface area contributed by atoms with Crippen molar-refractivity contribution in [1.29, 1.82) is 5.26 Å². The summed E-state index contributed by atoms with van der Waals surface area (Å²) in [6.45, 7) is 4.26. The van der Waals surface area contributed by atoms with E-state index in [9.17, 15) is 10.1 Å². The van der Waals surface area contributed by atoms with Gasteiger partial charge in [0.05, 0.1) is 0 Å². The molecule has 0 fully saturated rings. The van der Waals surface area contributed by atoms with Crippen LogP contribution in [0.5, 0.6) is 5.75 Å². The third-order valence-electron chi connectivity index (χ3n) is 5.67. The normalized spacial score (nSPS) is 11.1. The van der Waals surface area contributed by atoms with Crippen molar-refractivity contribution in [3.8, 4) is 17.5 Å². The highest BCUT2D eigenvalue weighted by molar-refractivity contribution is 6.35. The topological polar surface area (TPSA) is 67.0 Å². The van der Waals surface area contributed by atoms with Crippen LogP contribution in [0.3, 0.4) is 0 Å². The first-order chi connectivity index (χ1) is 17.4. The predicted octanol–water partition coefficient (Wildman–Crippen LogP) is 7.53. The second-order valence-electron chi connectivity index (χ2n) is 8.17. The Labute approximate surface area is 220 Å². The lowest BCUT2D eigenvalue weighted by molar-refractivity contribution is -0.112. The third kappa shape index (κ3) is 5.80. The van der Waals surface area contributed by atoms with Crippen molar-refractivity contribution in [2.24, 2.45) is 0 Å². The molecule has 0 aliphatic heterocycles. The Morgan fingerprint density at radius 1 is 1.03 bits per heavy atom. The summed E-state index contributed by atoms with van der Waals surface area (Å²) in [4.78, 5) is 12.6. The van der Waals surface area contributed by atoms with Crippen molar-refractivity contribution < 1.29 is 9.53 Å². The smallest absolute Gasteiger partial charge is 0.266 e. The summed E-state index contributed by atoms with van der Waals surface area (Å²) < 4.78 is 7.95. The lowest BCUT2D eigenvalue weighted by Gasteiger charge is -2.12. The maximum atomic E-state index is 12.6. The Bertz CT molecular complexity index is 1470. The molecule has 7 heteroatoms.